The molecule has 0 saturated carbocycles. The number of carbonyl (C=O) groups excluding carboxylic acids is 1. The van der Waals surface area contributed by atoms with Crippen LogP contribution in [0.2, 0.25) is 0 Å². The van der Waals surface area contributed by atoms with E-state index in [9.17, 15) is 9.59 Å². The number of aryl methyl sites for hydroxylation is 1. The van der Waals surface area contributed by atoms with Gasteiger partial charge in [-0.1, -0.05) is 6.92 Å². The number of amides is 1. The lowest BCUT2D eigenvalue weighted by Crippen LogP contribution is -2.50. The summed E-state index contributed by atoms with van der Waals surface area (Å²) in [7, 11) is 0. The number of H-pyrrole nitrogens is 1. The molecule has 1 saturated heterocycles. The Labute approximate surface area is 159 Å². The second-order valence-corrected chi connectivity index (χ2v) is 7.05. The van der Waals surface area contributed by atoms with Crippen molar-refractivity contribution in [2.45, 2.75) is 45.7 Å². The molecule has 0 radical (unpaired) electrons. The molecule has 1 aliphatic heterocycles. The molecule has 27 heavy (non-hydrogen) atoms. The van der Waals surface area contributed by atoms with Crippen molar-refractivity contribution >= 4 is 5.91 Å². The van der Waals surface area contributed by atoms with Crippen LogP contribution in [0.15, 0.2) is 35.5 Å². The van der Waals surface area contributed by atoms with Gasteiger partial charge in [-0.25, -0.2) is 4.98 Å². The molecular weight excluding hydrogens is 342 g/mol. The fourth-order valence-corrected chi connectivity index (χ4v) is 3.61. The van der Waals surface area contributed by atoms with Gasteiger partial charge in [-0.15, -0.1) is 0 Å². The third-order valence-electron chi connectivity index (χ3n) is 5.15. The minimum absolute atomic E-state index is 0.00387. The molecule has 1 aliphatic rings. The summed E-state index contributed by atoms with van der Waals surface area (Å²) in [6, 6.07) is 4.39. The molecule has 1 fully saturated rings. The van der Waals surface area contributed by atoms with Gasteiger partial charge in [-0.05, 0) is 44.0 Å². The molecule has 3 heterocycles. The van der Waals surface area contributed by atoms with Gasteiger partial charge in [0.15, 0.2) is 0 Å². The maximum Gasteiger partial charge on any atom is 0.254 e. The maximum absolute atomic E-state index is 12.7. The highest BCUT2D eigenvalue weighted by atomic mass is 16.2. The van der Waals surface area contributed by atoms with Crippen molar-refractivity contribution in [3.05, 3.63) is 58.0 Å². The Morgan fingerprint density at radius 2 is 2.15 bits per heavy atom. The first kappa shape index (κ1) is 19.2. The van der Waals surface area contributed by atoms with Gasteiger partial charge in [0.05, 0.1) is 6.42 Å². The Bertz CT molecular complexity index is 821. The number of pyridine rings is 1. The van der Waals surface area contributed by atoms with Crippen molar-refractivity contribution in [2.75, 3.05) is 19.6 Å². The molecule has 0 aromatic carbocycles. The summed E-state index contributed by atoms with van der Waals surface area (Å²) in [4.78, 5) is 39.9. The zero-order valence-corrected chi connectivity index (χ0v) is 16.0. The Kier molecular flexibility index (Phi) is 6.34. The molecule has 1 atom stereocenters. The molecule has 1 N–H and O–H groups in total. The van der Waals surface area contributed by atoms with Crippen LogP contribution in [0.5, 0.6) is 0 Å². The maximum atomic E-state index is 12.7. The lowest BCUT2D eigenvalue weighted by atomic mass is 10.0. The highest BCUT2D eigenvalue weighted by molar-refractivity contribution is 5.78. The summed E-state index contributed by atoms with van der Waals surface area (Å²) in [6.07, 6.45) is 7.29. The van der Waals surface area contributed by atoms with E-state index in [1.54, 1.807) is 6.92 Å². The number of aromatic nitrogens is 3. The third kappa shape index (κ3) is 5.01. The summed E-state index contributed by atoms with van der Waals surface area (Å²) in [5, 5.41) is 0. The minimum Gasteiger partial charge on any atom is -0.341 e. The predicted molar refractivity (Wildman–Crippen MR) is 103 cm³/mol. The summed E-state index contributed by atoms with van der Waals surface area (Å²) in [5.74, 6) is 0.555. The number of carbonyl (C=O) groups is 1. The van der Waals surface area contributed by atoms with E-state index in [-0.39, 0.29) is 17.9 Å². The van der Waals surface area contributed by atoms with Crippen LogP contribution in [-0.4, -0.2) is 56.3 Å². The van der Waals surface area contributed by atoms with Gasteiger partial charge < -0.3 is 9.88 Å². The van der Waals surface area contributed by atoms with Crippen LogP contribution in [0, 0.1) is 6.92 Å². The van der Waals surface area contributed by atoms with Gasteiger partial charge >= 0.3 is 0 Å². The van der Waals surface area contributed by atoms with E-state index in [0.717, 1.165) is 32.5 Å². The molecule has 2 aromatic rings. The van der Waals surface area contributed by atoms with Crippen LogP contribution >= 0.6 is 0 Å². The monoisotopic (exact) mass is 369 g/mol. The minimum atomic E-state index is -0.225. The zero-order chi connectivity index (χ0) is 19.2. The number of nitrogens with one attached hydrogen (secondary N) is 1. The summed E-state index contributed by atoms with van der Waals surface area (Å²) >= 11 is 0. The number of rotatable bonds is 6. The molecule has 2 aromatic heterocycles. The largest absolute Gasteiger partial charge is 0.341 e. The average Bonchev–Trinajstić information content (AvgIpc) is 2.69. The van der Waals surface area contributed by atoms with E-state index in [4.69, 9.17) is 0 Å². The number of hydrogen-bond donors (Lipinski definition) is 1. The highest BCUT2D eigenvalue weighted by Gasteiger charge is 2.27. The van der Waals surface area contributed by atoms with Crippen molar-refractivity contribution in [1.29, 1.82) is 0 Å². The van der Waals surface area contributed by atoms with Crippen LogP contribution in [-0.2, 0) is 17.8 Å². The number of likely N-dealkylation sites (N-methyl/N-ethyl adjacent to an activating group) is 1. The van der Waals surface area contributed by atoms with E-state index >= 15 is 0 Å². The molecule has 7 nitrogen and oxygen atoms in total. The highest BCUT2D eigenvalue weighted by Crippen LogP contribution is 2.19. The number of aromatic amines is 1. The summed E-state index contributed by atoms with van der Waals surface area (Å²) in [5.41, 5.74) is 1.43. The Morgan fingerprint density at radius 3 is 2.85 bits per heavy atom. The van der Waals surface area contributed by atoms with Gasteiger partial charge in [-0.2, -0.15) is 0 Å². The van der Waals surface area contributed by atoms with Crippen molar-refractivity contribution < 1.29 is 4.79 Å². The number of hydrogen-bond acceptors (Lipinski definition) is 5. The summed E-state index contributed by atoms with van der Waals surface area (Å²) in [6.45, 7) is 7.11. The number of likely N-dealkylation sites (tertiary alicyclic amines) is 1. The van der Waals surface area contributed by atoms with Gasteiger partial charge in [0, 0.05) is 49.8 Å². The first-order chi connectivity index (χ1) is 13.1. The van der Waals surface area contributed by atoms with E-state index in [1.807, 2.05) is 29.4 Å². The number of nitrogens with zero attached hydrogens (tertiary/aromatic N) is 4. The van der Waals surface area contributed by atoms with Gasteiger partial charge in [-0.3, -0.25) is 19.5 Å². The van der Waals surface area contributed by atoms with Crippen molar-refractivity contribution in [2.24, 2.45) is 0 Å². The lowest BCUT2D eigenvalue weighted by Gasteiger charge is -2.39. The predicted octanol–water partition coefficient (Wildman–Crippen LogP) is 1.53. The molecule has 1 amide bonds. The second-order valence-electron chi connectivity index (χ2n) is 7.05. The normalized spacial score (nSPS) is 17.3. The molecule has 7 heteroatoms. The van der Waals surface area contributed by atoms with E-state index < -0.39 is 0 Å². The lowest BCUT2D eigenvalue weighted by molar-refractivity contribution is -0.132. The quantitative estimate of drug-likeness (QED) is 0.835. The van der Waals surface area contributed by atoms with Gasteiger partial charge in [0.25, 0.3) is 5.56 Å². The molecular formula is C20H27N5O2. The molecule has 3 rings (SSSR count). The van der Waals surface area contributed by atoms with E-state index in [2.05, 4.69) is 26.8 Å². The standard InChI is InChI=1S/C20H27N5O2/c1-3-24(13-16-6-8-21-9-7-16)18-5-4-10-25(14-18)19(26)11-17-12-22-15(2)23-20(17)27/h6-9,12,18H,3-5,10-11,13-14H2,1-2H3,(H,22,23,27). The van der Waals surface area contributed by atoms with Crippen LogP contribution in [0.3, 0.4) is 0 Å². The zero-order valence-electron chi connectivity index (χ0n) is 16.0. The Morgan fingerprint density at radius 1 is 1.37 bits per heavy atom. The van der Waals surface area contributed by atoms with Crippen LogP contribution in [0.1, 0.15) is 36.7 Å². The van der Waals surface area contributed by atoms with Crippen LogP contribution in [0.25, 0.3) is 0 Å². The Balaban J connectivity index is 1.63. The molecule has 0 aliphatic carbocycles. The van der Waals surface area contributed by atoms with Crippen LogP contribution < -0.4 is 5.56 Å². The SMILES string of the molecule is CCN(Cc1ccncc1)C1CCCN(C(=O)Cc2cnc(C)[nH]c2=O)C1. The average molecular weight is 369 g/mol. The summed E-state index contributed by atoms with van der Waals surface area (Å²) < 4.78 is 0. The van der Waals surface area contributed by atoms with Crippen molar-refractivity contribution in [3.8, 4) is 0 Å². The van der Waals surface area contributed by atoms with Crippen LogP contribution in [0.4, 0.5) is 0 Å². The molecule has 0 spiro atoms. The molecule has 144 valence electrons. The first-order valence-corrected chi connectivity index (χ1v) is 9.52. The fraction of sp³-hybridized carbons (Fsp3) is 0.500. The third-order valence-corrected chi connectivity index (χ3v) is 5.15. The fourth-order valence-electron chi connectivity index (χ4n) is 3.61. The van der Waals surface area contributed by atoms with E-state index in [0.29, 0.717) is 24.0 Å². The van der Waals surface area contributed by atoms with Crippen molar-refractivity contribution in [3.63, 3.8) is 0 Å². The topological polar surface area (TPSA) is 82.2 Å². The molecule has 0 bridgehead atoms. The molecule has 1 unspecified atom stereocenters. The van der Waals surface area contributed by atoms with Gasteiger partial charge in [0.2, 0.25) is 5.91 Å². The van der Waals surface area contributed by atoms with Crippen molar-refractivity contribution in [1.82, 2.24) is 24.8 Å². The van der Waals surface area contributed by atoms with E-state index in [1.165, 1.54) is 11.8 Å². The van der Waals surface area contributed by atoms with Gasteiger partial charge in [0.1, 0.15) is 5.82 Å². The smallest absolute Gasteiger partial charge is 0.254 e. The Hall–Kier alpha value is -2.54. The first-order valence-electron chi connectivity index (χ1n) is 9.52. The second kappa shape index (κ2) is 8.90. The number of piperidine rings is 1.